The second kappa shape index (κ2) is 6.87. The van der Waals surface area contributed by atoms with Crippen molar-refractivity contribution in [2.45, 2.75) is 20.3 Å². The van der Waals surface area contributed by atoms with Gasteiger partial charge in [-0.2, -0.15) is 0 Å². The predicted octanol–water partition coefficient (Wildman–Crippen LogP) is 1.94. The SMILES string of the molecule is CC(C)CN(CC(=O)O)C(=O)Cc1ccc(F)cc1. The summed E-state index contributed by atoms with van der Waals surface area (Å²) in [5, 5.41) is 8.80. The molecule has 0 fully saturated rings. The van der Waals surface area contributed by atoms with Crippen LogP contribution < -0.4 is 0 Å². The van der Waals surface area contributed by atoms with Gasteiger partial charge in [0.2, 0.25) is 5.91 Å². The van der Waals surface area contributed by atoms with Gasteiger partial charge in [0.05, 0.1) is 6.42 Å². The third-order valence-corrected chi connectivity index (χ3v) is 2.53. The molecule has 0 saturated carbocycles. The lowest BCUT2D eigenvalue weighted by molar-refractivity contribution is -0.144. The van der Waals surface area contributed by atoms with E-state index in [1.807, 2.05) is 13.8 Å². The summed E-state index contributed by atoms with van der Waals surface area (Å²) in [7, 11) is 0. The van der Waals surface area contributed by atoms with Crippen LogP contribution in [0.25, 0.3) is 0 Å². The summed E-state index contributed by atoms with van der Waals surface area (Å²) >= 11 is 0. The number of rotatable bonds is 6. The minimum Gasteiger partial charge on any atom is -0.480 e. The molecule has 5 heteroatoms. The number of benzene rings is 1. The molecule has 0 heterocycles. The van der Waals surface area contributed by atoms with Crippen molar-refractivity contribution in [3.63, 3.8) is 0 Å². The van der Waals surface area contributed by atoms with Gasteiger partial charge >= 0.3 is 5.97 Å². The van der Waals surface area contributed by atoms with Gasteiger partial charge in [-0.05, 0) is 23.6 Å². The fraction of sp³-hybridized carbons (Fsp3) is 0.429. The van der Waals surface area contributed by atoms with Crippen LogP contribution in [0.15, 0.2) is 24.3 Å². The summed E-state index contributed by atoms with van der Waals surface area (Å²) in [4.78, 5) is 24.1. The van der Waals surface area contributed by atoms with Gasteiger partial charge in [-0.15, -0.1) is 0 Å². The Kier molecular flexibility index (Phi) is 5.48. The molecule has 0 aromatic heterocycles. The third kappa shape index (κ3) is 5.50. The van der Waals surface area contributed by atoms with Crippen LogP contribution in [-0.2, 0) is 16.0 Å². The lowest BCUT2D eigenvalue weighted by Gasteiger charge is -2.22. The summed E-state index contributed by atoms with van der Waals surface area (Å²) in [6, 6.07) is 5.63. The average Bonchev–Trinajstić information content (AvgIpc) is 2.30. The van der Waals surface area contributed by atoms with Gasteiger partial charge in [0.1, 0.15) is 12.4 Å². The number of carboxylic acids is 1. The summed E-state index contributed by atoms with van der Waals surface area (Å²) in [5.41, 5.74) is 0.672. The van der Waals surface area contributed by atoms with Crippen molar-refractivity contribution >= 4 is 11.9 Å². The van der Waals surface area contributed by atoms with Crippen molar-refractivity contribution in [2.24, 2.45) is 5.92 Å². The molecule has 1 aromatic carbocycles. The predicted molar refractivity (Wildman–Crippen MR) is 69.2 cm³/mol. The molecule has 0 aliphatic rings. The van der Waals surface area contributed by atoms with E-state index < -0.39 is 5.97 Å². The van der Waals surface area contributed by atoms with Crippen LogP contribution >= 0.6 is 0 Å². The van der Waals surface area contributed by atoms with E-state index in [2.05, 4.69) is 0 Å². The van der Waals surface area contributed by atoms with E-state index in [1.54, 1.807) is 0 Å². The summed E-state index contributed by atoms with van der Waals surface area (Å²) < 4.78 is 12.8. The first-order valence-electron chi connectivity index (χ1n) is 6.12. The number of carbonyl (C=O) groups is 2. The lowest BCUT2D eigenvalue weighted by Crippen LogP contribution is -2.39. The second-order valence-electron chi connectivity index (χ2n) is 4.87. The molecular formula is C14H18FNO3. The van der Waals surface area contributed by atoms with Crippen molar-refractivity contribution in [1.29, 1.82) is 0 Å². The molecule has 1 amide bonds. The van der Waals surface area contributed by atoms with Gasteiger partial charge in [0.25, 0.3) is 0 Å². The van der Waals surface area contributed by atoms with Crippen molar-refractivity contribution in [2.75, 3.05) is 13.1 Å². The van der Waals surface area contributed by atoms with Gasteiger partial charge in [-0.25, -0.2) is 4.39 Å². The Bertz CT molecular complexity index is 443. The Balaban J connectivity index is 2.70. The normalized spacial score (nSPS) is 10.5. The molecule has 1 rings (SSSR count). The van der Waals surface area contributed by atoms with Crippen molar-refractivity contribution in [3.8, 4) is 0 Å². The highest BCUT2D eigenvalue weighted by Crippen LogP contribution is 2.07. The van der Waals surface area contributed by atoms with E-state index in [-0.39, 0.29) is 30.6 Å². The zero-order valence-corrected chi connectivity index (χ0v) is 11.1. The minimum atomic E-state index is -1.03. The van der Waals surface area contributed by atoms with Gasteiger partial charge in [-0.3, -0.25) is 9.59 Å². The van der Waals surface area contributed by atoms with Crippen LogP contribution in [0.2, 0.25) is 0 Å². The molecule has 4 nitrogen and oxygen atoms in total. The van der Waals surface area contributed by atoms with E-state index >= 15 is 0 Å². The van der Waals surface area contributed by atoms with E-state index in [0.29, 0.717) is 12.1 Å². The molecule has 0 atom stereocenters. The topological polar surface area (TPSA) is 57.6 Å². The lowest BCUT2D eigenvalue weighted by atomic mass is 10.1. The van der Waals surface area contributed by atoms with Crippen LogP contribution in [-0.4, -0.2) is 35.0 Å². The fourth-order valence-electron chi connectivity index (χ4n) is 1.75. The number of amides is 1. The maximum Gasteiger partial charge on any atom is 0.323 e. The maximum absolute atomic E-state index is 12.8. The number of hydrogen-bond acceptors (Lipinski definition) is 2. The van der Waals surface area contributed by atoms with Crippen molar-refractivity contribution in [1.82, 2.24) is 4.90 Å². The average molecular weight is 267 g/mol. The molecule has 0 saturated heterocycles. The van der Waals surface area contributed by atoms with Gasteiger partial charge in [0.15, 0.2) is 0 Å². The number of halogens is 1. The Morgan fingerprint density at radius 3 is 2.32 bits per heavy atom. The number of carbonyl (C=O) groups excluding carboxylic acids is 1. The van der Waals surface area contributed by atoms with Crippen LogP contribution in [0.5, 0.6) is 0 Å². The first-order valence-corrected chi connectivity index (χ1v) is 6.12. The van der Waals surface area contributed by atoms with E-state index in [4.69, 9.17) is 5.11 Å². The summed E-state index contributed by atoms with van der Waals surface area (Å²) in [6.07, 6.45) is 0.0836. The van der Waals surface area contributed by atoms with Crippen molar-refractivity contribution in [3.05, 3.63) is 35.6 Å². The Morgan fingerprint density at radius 2 is 1.84 bits per heavy atom. The third-order valence-electron chi connectivity index (χ3n) is 2.53. The molecule has 1 aromatic rings. The molecule has 0 unspecified atom stereocenters. The standard InChI is InChI=1S/C14H18FNO3/c1-10(2)8-16(9-14(18)19)13(17)7-11-3-5-12(15)6-4-11/h3-6,10H,7-9H2,1-2H3,(H,18,19). The fourth-order valence-corrected chi connectivity index (χ4v) is 1.75. The summed E-state index contributed by atoms with van der Waals surface area (Å²) in [6.45, 7) is 3.92. The van der Waals surface area contributed by atoms with Gasteiger partial charge < -0.3 is 10.0 Å². The molecule has 0 aliphatic heterocycles. The maximum atomic E-state index is 12.8. The highest BCUT2D eigenvalue weighted by Gasteiger charge is 2.18. The molecule has 0 radical (unpaired) electrons. The van der Waals surface area contributed by atoms with Crippen LogP contribution in [0, 0.1) is 11.7 Å². The second-order valence-corrected chi connectivity index (χ2v) is 4.87. The highest BCUT2D eigenvalue weighted by atomic mass is 19.1. The van der Waals surface area contributed by atoms with E-state index in [1.165, 1.54) is 29.2 Å². The largest absolute Gasteiger partial charge is 0.480 e. The van der Waals surface area contributed by atoms with E-state index in [0.717, 1.165) is 0 Å². The smallest absolute Gasteiger partial charge is 0.323 e. The number of nitrogens with zero attached hydrogens (tertiary/aromatic N) is 1. The molecule has 104 valence electrons. The monoisotopic (exact) mass is 267 g/mol. The molecule has 1 N–H and O–H groups in total. The molecule has 0 aliphatic carbocycles. The molecule has 19 heavy (non-hydrogen) atoms. The van der Waals surface area contributed by atoms with Crippen LogP contribution in [0.1, 0.15) is 19.4 Å². The number of aliphatic carboxylic acids is 1. The number of hydrogen-bond donors (Lipinski definition) is 1. The Hall–Kier alpha value is -1.91. The quantitative estimate of drug-likeness (QED) is 0.857. The zero-order chi connectivity index (χ0) is 14.4. The molecule has 0 bridgehead atoms. The zero-order valence-electron chi connectivity index (χ0n) is 11.1. The summed E-state index contributed by atoms with van der Waals surface area (Å²) in [5.74, 6) is -1.46. The first-order chi connectivity index (χ1) is 8.88. The Morgan fingerprint density at radius 1 is 1.26 bits per heavy atom. The first kappa shape index (κ1) is 15.1. The van der Waals surface area contributed by atoms with Crippen LogP contribution in [0.3, 0.4) is 0 Å². The Labute approximate surface area is 111 Å². The van der Waals surface area contributed by atoms with Gasteiger partial charge in [0, 0.05) is 6.54 Å². The van der Waals surface area contributed by atoms with Crippen molar-refractivity contribution < 1.29 is 19.1 Å². The van der Waals surface area contributed by atoms with E-state index in [9.17, 15) is 14.0 Å². The molecule has 0 spiro atoms. The number of carboxylic acid groups (broad SMARTS) is 1. The minimum absolute atomic E-state index is 0.0836. The highest BCUT2D eigenvalue weighted by molar-refractivity contribution is 5.83. The van der Waals surface area contributed by atoms with Gasteiger partial charge in [-0.1, -0.05) is 26.0 Å². The molecular weight excluding hydrogens is 249 g/mol. The van der Waals surface area contributed by atoms with Crippen LogP contribution in [0.4, 0.5) is 4.39 Å².